The van der Waals surface area contributed by atoms with Gasteiger partial charge in [0.1, 0.15) is 20.0 Å². The van der Waals surface area contributed by atoms with E-state index in [4.69, 9.17) is 19.9 Å². The highest BCUT2D eigenvalue weighted by Gasteiger charge is 2.30. The molecule has 0 bridgehead atoms. The molecular weight excluding hydrogens is 1700 g/mol. The number of nitrogens with zero attached hydrogens (tertiary/aromatic N) is 6. The van der Waals surface area contributed by atoms with Crippen molar-refractivity contribution in [2.75, 3.05) is 38.0 Å². The Morgan fingerprint density at radius 1 is 0.172 bits per heavy atom. The molecule has 0 aliphatic rings. The zero-order valence-electron chi connectivity index (χ0n) is 73.7. The van der Waals surface area contributed by atoms with Gasteiger partial charge in [0.15, 0.2) is 0 Å². The molecule has 0 saturated carbocycles. The highest BCUT2D eigenvalue weighted by molar-refractivity contribution is 7.23. The lowest BCUT2D eigenvalue weighted by atomic mass is 9.77. The maximum atomic E-state index is 5.26. The quantitative estimate of drug-likeness (QED) is 0.101. The van der Waals surface area contributed by atoms with Gasteiger partial charge in [-0.2, -0.15) is 0 Å². The van der Waals surface area contributed by atoms with E-state index in [1.54, 1.807) is 45.3 Å². The number of hydrogen-bond acceptors (Lipinski definition) is 10. The molecular formula is C124H82N6S4. The third kappa shape index (κ3) is 13.8. The van der Waals surface area contributed by atoms with Gasteiger partial charge in [0.25, 0.3) is 0 Å². The predicted octanol–water partition coefficient (Wildman–Crippen LogP) is 35.2. The first-order valence-corrected chi connectivity index (χ1v) is 48.6. The summed E-state index contributed by atoms with van der Waals surface area (Å²) in [6.45, 7) is 0. The normalized spacial score (nSPS) is 11.7. The lowest BCUT2D eigenvalue weighted by Gasteiger charge is -2.25. The van der Waals surface area contributed by atoms with Crippen LogP contribution in [0, 0.1) is 0 Å². The maximum absolute atomic E-state index is 5.26. The lowest BCUT2D eigenvalue weighted by molar-refractivity contribution is 1.13. The smallest absolute Gasteiger partial charge is 0.124 e. The van der Waals surface area contributed by atoms with Gasteiger partial charge in [0, 0.05) is 72.6 Å². The Kier molecular flexibility index (Phi) is 19.8. The van der Waals surface area contributed by atoms with E-state index in [-0.39, 0.29) is 0 Å². The maximum Gasteiger partial charge on any atom is 0.124 e. The van der Waals surface area contributed by atoms with Crippen molar-refractivity contribution >= 4 is 184 Å². The minimum Gasteiger partial charge on any atom is -0.378 e. The van der Waals surface area contributed by atoms with Crippen LogP contribution < -0.4 is 9.80 Å². The molecule has 0 aliphatic carbocycles. The fourth-order valence-corrected chi connectivity index (χ4v) is 24.3. The Balaban J connectivity index is 0.000000143. The van der Waals surface area contributed by atoms with Crippen LogP contribution >= 0.6 is 45.3 Å². The zero-order chi connectivity index (χ0) is 89.2. The van der Waals surface area contributed by atoms with Gasteiger partial charge in [-0.25, -0.2) is 19.9 Å². The van der Waals surface area contributed by atoms with Crippen molar-refractivity contribution in [3.8, 4) is 131 Å². The molecule has 632 valence electrons. The van der Waals surface area contributed by atoms with Crippen molar-refractivity contribution in [2.45, 2.75) is 0 Å². The molecule has 0 N–H and O–H groups in total. The summed E-state index contributed by atoms with van der Waals surface area (Å²) in [5.74, 6) is 0. The Bertz CT molecular complexity index is 8610. The molecule has 10 heteroatoms. The van der Waals surface area contributed by atoms with Gasteiger partial charge in [0.2, 0.25) is 0 Å². The molecule has 0 unspecified atom stereocenters. The lowest BCUT2D eigenvalue weighted by Crippen LogP contribution is -2.07. The van der Waals surface area contributed by atoms with Crippen molar-refractivity contribution in [1.82, 2.24) is 19.9 Å². The third-order valence-corrected chi connectivity index (χ3v) is 30.9. The molecule has 0 spiro atoms. The van der Waals surface area contributed by atoms with E-state index < -0.39 is 0 Å². The zero-order valence-corrected chi connectivity index (χ0v) is 77.0. The molecule has 4 heterocycles. The van der Waals surface area contributed by atoms with Gasteiger partial charge in [-0.05, 0) is 213 Å². The molecule has 134 heavy (non-hydrogen) atoms. The number of anilines is 2. The molecule has 0 saturated heterocycles. The predicted molar refractivity (Wildman–Crippen MR) is 580 cm³/mol. The van der Waals surface area contributed by atoms with Crippen LogP contribution in [0.2, 0.25) is 0 Å². The van der Waals surface area contributed by atoms with E-state index in [0.29, 0.717) is 0 Å². The average molecular weight is 1780 g/mol. The second-order valence-corrected chi connectivity index (χ2v) is 39.0. The summed E-state index contributed by atoms with van der Waals surface area (Å²) < 4.78 is 4.77. The van der Waals surface area contributed by atoms with Gasteiger partial charge >= 0.3 is 0 Å². The second-order valence-electron chi connectivity index (χ2n) is 34.9. The first-order valence-electron chi connectivity index (χ1n) is 45.3. The average Bonchev–Trinajstić information content (AvgIpc) is 0.894. The summed E-state index contributed by atoms with van der Waals surface area (Å²) in [5, 5.41) is 23.6. The topological polar surface area (TPSA) is 58.0 Å². The molecule has 26 rings (SSSR count). The van der Waals surface area contributed by atoms with E-state index in [1.165, 1.54) is 189 Å². The highest BCUT2D eigenvalue weighted by atomic mass is 32.1. The van der Waals surface area contributed by atoms with Crippen LogP contribution in [0.15, 0.2) is 425 Å². The molecule has 0 fully saturated rings. The Hall–Kier alpha value is -15.9. The van der Waals surface area contributed by atoms with Crippen LogP contribution in [0.4, 0.5) is 11.4 Å². The molecule has 0 amide bonds. The minimum atomic E-state index is 1.02. The SMILES string of the molecule is CN(C)c1ccc2sc(-c3ccc(-c4c5ccccc5c(-c5ccc(-c6nc7ccc(N(C)C)cc7s6)cc5)c5c(-c6ccccc6)c6ccccc6c(-c6ccccc6)c45)cc3)nc2c1.c1ccc(-c2c3ccccc3c(-c3ccccc3)c3c(-c4ccc(-c5nc6c(ccc7ccccc76)s5)cc4)c4ccccc4c(-c4ccc(-c5nc6c(ccc7ccccc76)s5)cc4)c23)cc1. The van der Waals surface area contributed by atoms with Gasteiger partial charge in [0.05, 0.1) is 40.9 Å². The van der Waals surface area contributed by atoms with Crippen molar-refractivity contribution in [2.24, 2.45) is 0 Å². The van der Waals surface area contributed by atoms with Gasteiger partial charge in [-0.15, -0.1) is 45.3 Å². The van der Waals surface area contributed by atoms with Crippen LogP contribution in [0.3, 0.4) is 0 Å². The summed E-state index contributed by atoms with van der Waals surface area (Å²) in [4.78, 5) is 25.0. The van der Waals surface area contributed by atoms with E-state index in [1.807, 2.05) is 0 Å². The number of hydrogen-bond donors (Lipinski definition) is 0. The van der Waals surface area contributed by atoms with Crippen LogP contribution in [0.25, 0.3) is 258 Å². The molecule has 26 aromatic rings. The van der Waals surface area contributed by atoms with Crippen LogP contribution in [-0.4, -0.2) is 48.1 Å². The Morgan fingerprint density at radius 3 is 0.716 bits per heavy atom. The van der Waals surface area contributed by atoms with Crippen LogP contribution in [0.5, 0.6) is 0 Å². The summed E-state index contributed by atoms with van der Waals surface area (Å²) in [6, 6.07) is 156. The summed E-state index contributed by atoms with van der Waals surface area (Å²) in [5.41, 5.74) is 30.2. The van der Waals surface area contributed by atoms with Crippen molar-refractivity contribution in [3.63, 3.8) is 0 Å². The number of fused-ring (bicyclic) bond motifs is 14. The molecule has 0 radical (unpaired) electrons. The molecule has 4 aromatic heterocycles. The molecule has 22 aromatic carbocycles. The third-order valence-electron chi connectivity index (χ3n) is 26.6. The minimum absolute atomic E-state index is 1.02. The van der Waals surface area contributed by atoms with Gasteiger partial charge in [-0.1, -0.05) is 376 Å². The molecule has 0 aliphatic heterocycles. The van der Waals surface area contributed by atoms with Crippen LogP contribution in [-0.2, 0) is 0 Å². The molecule has 0 atom stereocenters. The largest absolute Gasteiger partial charge is 0.378 e. The van der Waals surface area contributed by atoms with E-state index >= 15 is 0 Å². The Labute approximate surface area is 791 Å². The number of aromatic nitrogens is 4. The number of thiazole rings is 4. The van der Waals surface area contributed by atoms with E-state index in [2.05, 4.69) is 463 Å². The number of benzene rings is 22. The van der Waals surface area contributed by atoms with Crippen molar-refractivity contribution in [3.05, 3.63) is 425 Å². The fraction of sp³-hybridized carbons (Fsp3) is 0.0323. The Morgan fingerprint density at radius 2 is 0.403 bits per heavy atom. The first kappa shape index (κ1) is 80.2. The summed E-state index contributed by atoms with van der Waals surface area (Å²) in [6.07, 6.45) is 0. The van der Waals surface area contributed by atoms with Crippen LogP contribution in [0.1, 0.15) is 0 Å². The monoisotopic (exact) mass is 1780 g/mol. The first-order chi connectivity index (χ1) is 66.1. The fourth-order valence-electron chi connectivity index (χ4n) is 20.4. The standard InChI is InChI=1S/C64H38N2S2.C60H44N4S2/c1-3-17-41(18-4-1)55-49-23-11-12-24-50(49)56(42-19-5-2-6-20-42)60-58(44-29-33-46(34-30-44)64-66-62-48-22-10-8-16-40(48)36-38-54(62)68-64)52-26-14-13-25-51(52)57(59(55)60)43-27-31-45(32-28-43)63-65-61-47-21-9-7-15-39(47)35-37-53(61)67-63;1-63(2)43-32-34-51-50(35-43)62-60(65-51)42-29-25-40(26-30-42)56-48-22-14-13-21-47(48)55(39-23-27-41(28-24-39)59-61-49-33-31-44(64(3)4)36-52(49)66-59)57-53(37-15-7-5-8-16-37)45-19-11-12-20-46(45)54(58(56)57)38-17-9-6-10-18-38/h1-38H;5-36H,1-4H3. The van der Waals surface area contributed by atoms with E-state index in [9.17, 15) is 0 Å². The van der Waals surface area contributed by atoms with Crippen molar-refractivity contribution in [1.29, 1.82) is 0 Å². The van der Waals surface area contributed by atoms with Gasteiger partial charge < -0.3 is 9.80 Å². The van der Waals surface area contributed by atoms with Gasteiger partial charge in [-0.3, -0.25) is 0 Å². The second kappa shape index (κ2) is 33.2. The number of rotatable bonds is 14. The highest BCUT2D eigenvalue weighted by Crippen LogP contribution is 2.58. The van der Waals surface area contributed by atoms with Crippen molar-refractivity contribution < 1.29 is 0 Å². The molecule has 6 nitrogen and oxygen atoms in total. The summed E-state index contributed by atoms with van der Waals surface area (Å²) in [7, 11) is 8.31. The van der Waals surface area contributed by atoms with E-state index in [0.717, 1.165) is 81.2 Å². The summed E-state index contributed by atoms with van der Waals surface area (Å²) >= 11 is 7.01.